The minimum atomic E-state index is -1.14. The lowest BCUT2D eigenvalue weighted by atomic mass is 9.76. The molecule has 3 aromatic carbocycles. The molecule has 37 heavy (non-hydrogen) atoms. The largest absolute Gasteiger partial charge is 0.359 e. The Bertz CT molecular complexity index is 1350. The number of halogens is 2. The number of hydrazine groups is 1. The number of aryl methyl sites for hydroxylation is 1. The van der Waals surface area contributed by atoms with E-state index in [-0.39, 0.29) is 11.1 Å². The predicted octanol–water partition coefficient (Wildman–Crippen LogP) is 4.54. The molecule has 192 valence electrons. The van der Waals surface area contributed by atoms with Crippen LogP contribution in [0.5, 0.6) is 0 Å². The number of nitrogens with one attached hydrogen (secondary N) is 2. The molecule has 8 heteroatoms. The lowest BCUT2D eigenvalue weighted by Crippen LogP contribution is -2.54. The Hall–Kier alpha value is -3.62. The molecule has 0 unspecified atom stereocenters. The molecular weight excluding hydrogens is 476 g/mol. The first-order valence-electron chi connectivity index (χ1n) is 12.3. The van der Waals surface area contributed by atoms with E-state index < -0.39 is 29.2 Å². The van der Waals surface area contributed by atoms with Crippen molar-refractivity contribution >= 4 is 11.8 Å². The maximum absolute atomic E-state index is 13.4. The summed E-state index contributed by atoms with van der Waals surface area (Å²) in [5.74, 6) is -3.43. The number of ether oxygens (including phenoxy) is 1. The molecule has 2 amide bonds. The number of carbonyl (C=O) groups excluding carboxylic acids is 2. The summed E-state index contributed by atoms with van der Waals surface area (Å²) < 4.78 is 32.8. The first-order chi connectivity index (χ1) is 17.7. The van der Waals surface area contributed by atoms with Gasteiger partial charge in [0.15, 0.2) is 11.6 Å². The Labute approximate surface area is 214 Å². The standard InChI is InChI=1S/C29H29F2N3O3/c1-28(2)34(17-19-6-4-3-5-7-19)29(18-37-28)13-12-20-8-9-21(14-23(20)16-29)26(35)32-33-27(36)22-10-11-24(30)25(31)15-22/h3-11,14-15H,12-13,16-18H2,1-2H3,(H,32,35)(H,33,36)/t29-/m0/s1. The lowest BCUT2D eigenvalue weighted by molar-refractivity contribution is -0.0673. The van der Waals surface area contributed by atoms with Crippen LogP contribution in [0, 0.1) is 11.6 Å². The summed E-state index contributed by atoms with van der Waals surface area (Å²) in [4.78, 5) is 27.5. The Morgan fingerprint density at radius 3 is 2.27 bits per heavy atom. The number of nitrogens with zero attached hydrogens (tertiary/aromatic N) is 1. The predicted molar refractivity (Wildman–Crippen MR) is 135 cm³/mol. The van der Waals surface area contributed by atoms with E-state index >= 15 is 0 Å². The molecule has 0 aromatic heterocycles. The average Bonchev–Trinajstić information content (AvgIpc) is 3.13. The van der Waals surface area contributed by atoms with Crippen molar-refractivity contribution in [2.24, 2.45) is 0 Å². The zero-order valence-corrected chi connectivity index (χ0v) is 20.8. The first-order valence-corrected chi connectivity index (χ1v) is 12.3. The smallest absolute Gasteiger partial charge is 0.269 e. The SMILES string of the molecule is CC1(C)OC[C@@]2(CCc3ccc(C(=O)NNC(=O)c4ccc(F)c(F)c4)cc3C2)N1Cc1ccccc1. The van der Waals surface area contributed by atoms with Crippen molar-refractivity contribution in [1.82, 2.24) is 15.8 Å². The maximum Gasteiger partial charge on any atom is 0.269 e. The van der Waals surface area contributed by atoms with Gasteiger partial charge < -0.3 is 4.74 Å². The van der Waals surface area contributed by atoms with E-state index in [0.29, 0.717) is 12.2 Å². The van der Waals surface area contributed by atoms with E-state index in [2.05, 4.69) is 41.7 Å². The van der Waals surface area contributed by atoms with E-state index in [1.54, 1.807) is 6.07 Å². The summed E-state index contributed by atoms with van der Waals surface area (Å²) in [6, 6.07) is 18.7. The first kappa shape index (κ1) is 25.0. The number of carbonyl (C=O) groups is 2. The highest BCUT2D eigenvalue weighted by Gasteiger charge is 2.52. The summed E-state index contributed by atoms with van der Waals surface area (Å²) in [5.41, 5.74) is 7.79. The Morgan fingerprint density at radius 2 is 1.57 bits per heavy atom. The van der Waals surface area contributed by atoms with Gasteiger partial charge in [-0.1, -0.05) is 36.4 Å². The van der Waals surface area contributed by atoms with Gasteiger partial charge in [-0.05, 0) is 80.1 Å². The highest BCUT2D eigenvalue weighted by molar-refractivity contribution is 5.99. The third kappa shape index (κ3) is 4.99. The van der Waals surface area contributed by atoms with E-state index in [9.17, 15) is 18.4 Å². The van der Waals surface area contributed by atoms with Crippen molar-refractivity contribution in [2.45, 2.75) is 50.9 Å². The molecule has 0 radical (unpaired) electrons. The fourth-order valence-corrected chi connectivity index (χ4v) is 5.40. The highest BCUT2D eigenvalue weighted by atomic mass is 19.2. The second-order valence-corrected chi connectivity index (χ2v) is 10.2. The molecule has 2 aliphatic rings. The fraction of sp³-hybridized carbons (Fsp3) is 0.310. The van der Waals surface area contributed by atoms with Gasteiger partial charge in [-0.3, -0.25) is 25.3 Å². The second-order valence-electron chi connectivity index (χ2n) is 10.2. The molecule has 1 saturated heterocycles. The molecule has 2 N–H and O–H groups in total. The van der Waals surface area contributed by atoms with Crippen molar-refractivity contribution < 1.29 is 23.1 Å². The minimum Gasteiger partial charge on any atom is -0.359 e. The second kappa shape index (κ2) is 9.68. The summed E-state index contributed by atoms with van der Waals surface area (Å²) in [6.45, 7) is 5.56. The monoisotopic (exact) mass is 505 g/mol. The molecule has 1 heterocycles. The fourth-order valence-electron chi connectivity index (χ4n) is 5.40. The summed E-state index contributed by atoms with van der Waals surface area (Å²) >= 11 is 0. The maximum atomic E-state index is 13.4. The van der Waals surface area contributed by atoms with Crippen LogP contribution in [0.1, 0.15) is 57.7 Å². The minimum absolute atomic E-state index is 0.103. The zero-order valence-electron chi connectivity index (χ0n) is 20.8. The van der Waals surface area contributed by atoms with Crippen molar-refractivity contribution in [2.75, 3.05) is 6.61 Å². The van der Waals surface area contributed by atoms with Gasteiger partial charge >= 0.3 is 0 Å². The van der Waals surface area contributed by atoms with Crippen molar-refractivity contribution in [1.29, 1.82) is 0 Å². The number of fused-ring (bicyclic) bond motifs is 1. The molecule has 1 fully saturated rings. The third-order valence-electron chi connectivity index (χ3n) is 7.42. The number of benzene rings is 3. The van der Waals surface area contributed by atoms with Gasteiger partial charge in [0.25, 0.3) is 11.8 Å². The number of rotatable bonds is 4. The molecule has 5 rings (SSSR count). The highest BCUT2D eigenvalue weighted by Crippen LogP contribution is 2.44. The topological polar surface area (TPSA) is 70.7 Å². The molecule has 0 bridgehead atoms. The van der Waals surface area contributed by atoms with Crippen LogP contribution in [0.2, 0.25) is 0 Å². The molecule has 0 saturated carbocycles. The van der Waals surface area contributed by atoms with E-state index in [1.807, 2.05) is 30.3 Å². The number of hydrogen-bond acceptors (Lipinski definition) is 4. The lowest BCUT2D eigenvalue weighted by Gasteiger charge is -2.45. The van der Waals surface area contributed by atoms with E-state index in [1.165, 1.54) is 11.1 Å². The molecule has 1 aliphatic heterocycles. The van der Waals surface area contributed by atoms with Crippen LogP contribution >= 0.6 is 0 Å². The van der Waals surface area contributed by atoms with Crippen LogP contribution in [0.4, 0.5) is 8.78 Å². The van der Waals surface area contributed by atoms with Gasteiger partial charge in [-0.25, -0.2) is 8.78 Å². The molecule has 1 spiro atoms. The molecule has 3 aromatic rings. The Morgan fingerprint density at radius 1 is 0.892 bits per heavy atom. The van der Waals surface area contributed by atoms with Crippen LogP contribution in [-0.2, 0) is 24.1 Å². The van der Waals surface area contributed by atoms with Crippen molar-refractivity contribution in [3.05, 3.63) is 106 Å². The average molecular weight is 506 g/mol. The van der Waals surface area contributed by atoms with Crippen molar-refractivity contribution in [3.8, 4) is 0 Å². The Balaban J connectivity index is 1.31. The third-order valence-corrected chi connectivity index (χ3v) is 7.42. The van der Waals surface area contributed by atoms with Gasteiger partial charge in [-0.2, -0.15) is 0 Å². The van der Waals surface area contributed by atoms with E-state index in [0.717, 1.165) is 49.6 Å². The number of amides is 2. The molecule has 6 nitrogen and oxygen atoms in total. The van der Waals surface area contributed by atoms with Crippen LogP contribution in [0.15, 0.2) is 66.7 Å². The van der Waals surface area contributed by atoms with Crippen LogP contribution in [0.25, 0.3) is 0 Å². The summed E-state index contributed by atoms with van der Waals surface area (Å²) in [7, 11) is 0. The van der Waals surface area contributed by atoms with Gasteiger partial charge in [0.05, 0.1) is 12.1 Å². The van der Waals surface area contributed by atoms with Gasteiger partial charge in [0.1, 0.15) is 5.72 Å². The zero-order chi connectivity index (χ0) is 26.2. The molecular formula is C29H29F2N3O3. The Kier molecular flexibility index (Phi) is 6.56. The molecule has 1 aliphatic carbocycles. The van der Waals surface area contributed by atoms with Gasteiger partial charge in [0, 0.05) is 17.7 Å². The van der Waals surface area contributed by atoms with Crippen LogP contribution in [-0.4, -0.2) is 34.6 Å². The normalized spacial score (nSPS) is 20.4. The molecule has 1 atom stereocenters. The van der Waals surface area contributed by atoms with Crippen LogP contribution < -0.4 is 10.9 Å². The van der Waals surface area contributed by atoms with Crippen LogP contribution in [0.3, 0.4) is 0 Å². The number of hydrogen-bond donors (Lipinski definition) is 2. The van der Waals surface area contributed by atoms with Crippen molar-refractivity contribution in [3.63, 3.8) is 0 Å². The quantitative estimate of drug-likeness (QED) is 0.511. The van der Waals surface area contributed by atoms with Gasteiger partial charge in [0.2, 0.25) is 0 Å². The van der Waals surface area contributed by atoms with Gasteiger partial charge in [-0.15, -0.1) is 0 Å². The van der Waals surface area contributed by atoms with E-state index in [4.69, 9.17) is 4.74 Å². The summed E-state index contributed by atoms with van der Waals surface area (Å²) in [5, 5.41) is 0. The summed E-state index contributed by atoms with van der Waals surface area (Å²) in [6.07, 6.45) is 2.56.